The topological polar surface area (TPSA) is 67.2 Å². The number of hydrogen-bond acceptors (Lipinski definition) is 3. The highest BCUT2D eigenvalue weighted by Gasteiger charge is 2.16. The smallest absolute Gasteiger partial charge is 0.271 e. The van der Waals surface area contributed by atoms with Crippen LogP contribution in [0.25, 0.3) is 5.69 Å². The minimum Gasteiger partial charge on any atom is -0.349 e. The highest BCUT2D eigenvalue weighted by Crippen LogP contribution is 2.10. The number of benzene rings is 1. The molecule has 1 fully saturated rings. The first-order valence-corrected chi connectivity index (χ1v) is 8.41. The lowest BCUT2D eigenvalue weighted by Crippen LogP contribution is -2.38. The maximum atomic E-state index is 12.2. The molecule has 1 aliphatic rings. The molecule has 6 nitrogen and oxygen atoms in total. The number of amides is 2. The maximum absolute atomic E-state index is 12.2. The van der Waals surface area contributed by atoms with Gasteiger partial charge in [-0.15, -0.1) is 0 Å². The van der Waals surface area contributed by atoms with Crippen LogP contribution >= 0.6 is 0 Å². The number of para-hydroxylation sites is 1. The van der Waals surface area contributed by atoms with E-state index in [1.54, 1.807) is 16.9 Å². The zero-order valence-electron chi connectivity index (χ0n) is 13.6. The van der Waals surface area contributed by atoms with Crippen molar-refractivity contribution < 1.29 is 9.59 Å². The molecule has 1 saturated heterocycles. The standard InChI is InChI=1S/C18H22N4O2/c23-17-9-5-2-6-12-21(17)14-11-19-18(24)16-10-13-22(20-16)15-7-3-1-4-8-15/h1,3-4,7-8,10,13H,2,5-6,9,11-12,14H2,(H,19,24). The summed E-state index contributed by atoms with van der Waals surface area (Å²) in [5.74, 6) is -0.0259. The molecular weight excluding hydrogens is 304 g/mol. The third kappa shape index (κ3) is 4.01. The van der Waals surface area contributed by atoms with Gasteiger partial charge in [-0.2, -0.15) is 5.10 Å². The summed E-state index contributed by atoms with van der Waals surface area (Å²) in [6.07, 6.45) is 5.50. The molecule has 0 unspecified atom stereocenters. The fraction of sp³-hybridized carbons (Fsp3) is 0.389. The van der Waals surface area contributed by atoms with Crippen LogP contribution in [0, 0.1) is 0 Å². The number of nitrogens with one attached hydrogen (secondary N) is 1. The molecule has 0 spiro atoms. The van der Waals surface area contributed by atoms with Gasteiger partial charge in [0.05, 0.1) is 5.69 Å². The van der Waals surface area contributed by atoms with E-state index in [4.69, 9.17) is 0 Å². The highest BCUT2D eigenvalue weighted by molar-refractivity contribution is 5.92. The Morgan fingerprint density at radius 2 is 1.96 bits per heavy atom. The van der Waals surface area contributed by atoms with Crippen molar-refractivity contribution in [1.29, 1.82) is 0 Å². The second kappa shape index (κ2) is 7.77. The Hall–Kier alpha value is -2.63. The van der Waals surface area contributed by atoms with Gasteiger partial charge in [-0.3, -0.25) is 9.59 Å². The number of hydrogen-bond donors (Lipinski definition) is 1. The summed E-state index contributed by atoms with van der Waals surface area (Å²) >= 11 is 0. The summed E-state index contributed by atoms with van der Waals surface area (Å²) in [4.78, 5) is 26.0. The van der Waals surface area contributed by atoms with Crippen molar-refractivity contribution in [3.05, 3.63) is 48.3 Å². The molecule has 2 heterocycles. The van der Waals surface area contributed by atoms with E-state index in [2.05, 4.69) is 10.4 Å². The quantitative estimate of drug-likeness (QED) is 0.914. The Morgan fingerprint density at radius 3 is 2.79 bits per heavy atom. The lowest BCUT2D eigenvalue weighted by atomic mass is 10.2. The largest absolute Gasteiger partial charge is 0.349 e. The van der Waals surface area contributed by atoms with E-state index < -0.39 is 0 Å². The van der Waals surface area contributed by atoms with E-state index in [9.17, 15) is 9.59 Å². The number of carbonyl (C=O) groups is 2. The molecule has 1 aromatic carbocycles. The van der Waals surface area contributed by atoms with Gasteiger partial charge in [-0.05, 0) is 31.0 Å². The summed E-state index contributed by atoms with van der Waals surface area (Å²) in [6.45, 7) is 1.80. The minimum atomic E-state index is -0.216. The van der Waals surface area contributed by atoms with Gasteiger partial charge in [0.2, 0.25) is 5.91 Å². The lowest BCUT2D eigenvalue weighted by Gasteiger charge is -2.20. The predicted octanol–water partition coefficient (Wildman–Crippen LogP) is 2.00. The Morgan fingerprint density at radius 1 is 1.12 bits per heavy atom. The summed E-state index contributed by atoms with van der Waals surface area (Å²) in [7, 11) is 0. The number of aromatic nitrogens is 2. The van der Waals surface area contributed by atoms with Crippen molar-refractivity contribution in [2.75, 3.05) is 19.6 Å². The van der Waals surface area contributed by atoms with Gasteiger partial charge in [0.15, 0.2) is 5.69 Å². The van der Waals surface area contributed by atoms with E-state index in [0.29, 0.717) is 25.2 Å². The average molecular weight is 326 g/mol. The second-order valence-corrected chi connectivity index (χ2v) is 5.93. The molecular formula is C18H22N4O2. The van der Waals surface area contributed by atoms with Crippen LogP contribution < -0.4 is 5.32 Å². The first-order chi connectivity index (χ1) is 11.7. The van der Waals surface area contributed by atoms with Crippen LogP contribution in [-0.2, 0) is 4.79 Å². The van der Waals surface area contributed by atoms with E-state index in [1.165, 1.54) is 0 Å². The number of rotatable bonds is 5. The summed E-state index contributed by atoms with van der Waals surface area (Å²) < 4.78 is 1.67. The van der Waals surface area contributed by atoms with Crippen LogP contribution in [0.15, 0.2) is 42.6 Å². The molecule has 0 saturated carbocycles. The fourth-order valence-corrected chi connectivity index (χ4v) is 2.84. The van der Waals surface area contributed by atoms with E-state index in [0.717, 1.165) is 31.5 Å². The van der Waals surface area contributed by atoms with Gasteiger partial charge in [-0.25, -0.2) is 4.68 Å². The number of likely N-dealkylation sites (tertiary alicyclic amines) is 1. The number of nitrogens with zero attached hydrogens (tertiary/aromatic N) is 3. The fourth-order valence-electron chi connectivity index (χ4n) is 2.84. The van der Waals surface area contributed by atoms with Crippen LogP contribution in [0.5, 0.6) is 0 Å². The maximum Gasteiger partial charge on any atom is 0.271 e. The van der Waals surface area contributed by atoms with Crippen molar-refractivity contribution in [3.8, 4) is 5.69 Å². The molecule has 2 aromatic rings. The van der Waals surface area contributed by atoms with Gasteiger partial charge in [0.1, 0.15) is 0 Å². The van der Waals surface area contributed by atoms with Crippen molar-refractivity contribution in [1.82, 2.24) is 20.0 Å². The molecule has 2 amide bonds. The van der Waals surface area contributed by atoms with E-state index in [-0.39, 0.29) is 11.8 Å². The van der Waals surface area contributed by atoms with E-state index >= 15 is 0 Å². The Bertz CT molecular complexity index is 696. The molecule has 6 heteroatoms. The van der Waals surface area contributed by atoms with Crippen LogP contribution in [0.2, 0.25) is 0 Å². The zero-order chi connectivity index (χ0) is 16.8. The Kier molecular flexibility index (Phi) is 5.25. The van der Waals surface area contributed by atoms with Gasteiger partial charge >= 0.3 is 0 Å². The zero-order valence-corrected chi connectivity index (χ0v) is 13.6. The molecule has 126 valence electrons. The lowest BCUT2D eigenvalue weighted by molar-refractivity contribution is -0.130. The molecule has 0 atom stereocenters. The third-order valence-corrected chi connectivity index (χ3v) is 4.18. The van der Waals surface area contributed by atoms with Crippen LogP contribution in [0.1, 0.15) is 36.2 Å². The summed E-state index contributed by atoms with van der Waals surface area (Å²) in [5, 5.41) is 7.14. The summed E-state index contributed by atoms with van der Waals surface area (Å²) in [6, 6.07) is 11.3. The second-order valence-electron chi connectivity index (χ2n) is 5.93. The predicted molar refractivity (Wildman–Crippen MR) is 90.9 cm³/mol. The molecule has 0 bridgehead atoms. The first kappa shape index (κ1) is 16.2. The van der Waals surface area contributed by atoms with Gasteiger partial charge in [0, 0.05) is 32.3 Å². The highest BCUT2D eigenvalue weighted by atomic mass is 16.2. The van der Waals surface area contributed by atoms with Crippen LogP contribution in [0.4, 0.5) is 0 Å². The molecule has 1 N–H and O–H groups in total. The van der Waals surface area contributed by atoms with Crippen molar-refractivity contribution in [2.24, 2.45) is 0 Å². The normalized spacial score (nSPS) is 15.2. The van der Waals surface area contributed by atoms with Crippen LogP contribution in [-0.4, -0.2) is 46.1 Å². The Balaban J connectivity index is 1.52. The Labute approximate surface area is 141 Å². The molecule has 1 aromatic heterocycles. The van der Waals surface area contributed by atoms with Crippen molar-refractivity contribution in [2.45, 2.75) is 25.7 Å². The molecule has 1 aliphatic heterocycles. The van der Waals surface area contributed by atoms with Gasteiger partial charge < -0.3 is 10.2 Å². The molecule has 0 aliphatic carbocycles. The number of carbonyl (C=O) groups excluding carboxylic acids is 2. The monoisotopic (exact) mass is 326 g/mol. The SMILES string of the molecule is O=C(NCCN1CCCCCC1=O)c1ccn(-c2ccccc2)n1. The molecule has 3 rings (SSSR count). The average Bonchev–Trinajstić information content (AvgIpc) is 3.02. The third-order valence-electron chi connectivity index (χ3n) is 4.18. The first-order valence-electron chi connectivity index (χ1n) is 8.41. The van der Waals surface area contributed by atoms with Crippen molar-refractivity contribution >= 4 is 11.8 Å². The van der Waals surface area contributed by atoms with Gasteiger partial charge in [-0.1, -0.05) is 24.6 Å². The van der Waals surface area contributed by atoms with E-state index in [1.807, 2.05) is 35.2 Å². The van der Waals surface area contributed by atoms with Crippen molar-refractivity contribution in [3.63, 3.8) is 0 Å². The van der Waals surface area contributed by atoms with Gasteiger partial charge in [0.25, 0.3) is 5.91 Å². The molecule has 24 heavy (non-hydrogen) atoms. The summed E-state index contributed by atoms with van der Waals surface area (Å²) in [5.41, 5.74) is 1.28. The minimum absolute atomic E-state index is 0.190. The van der Waals surface area contributed by atoms with Crippen LogP contribution in [0.3, 0.4) is 0 Å². The molecule has 0 radical (unpaired) electrons.